The standard InChI is InChI=1S/C15H15NO3/c1-18-11-19-14-6-4-13(5-7-14)15(17)9-12-3-2-8-16-10-12/h2-8,10H,9,11H2,1H3. The van der Waals surface area contributed by atoms with E-state index in [0.717, 1.165) is 5.56 Å². The van der Waals surface area contributed by atoms with Crippen molar-refractivity contribution < 1.29 is 14.3 Å². The van der Waals surface area contributed by atoms with Gasteiger partial charge in [-0.15, -0.1) is 0 Å². The zero-order chi connectivity index (χ0) is 13.5. The maximum atomic E-state index is 12.0. The Kier molecular flexibility index (Phi) is 4.64. The third-order valence-electron chi connectivity index (χ3n) is 2.61. The quantitative estimate of drug-likeness (QED) is 0.589. The monoisotopic (exact) mass is 257 g/mol. The van der Waals surface area contributed by atoms with E-state index in [4.69, 9.17) is 9.47 Å². The fraction of sp³-hybridized carbons (Fsp3) is 0.200. The van der Waals surface area contributed by atoms with Gasteiger partial charge in [-0.05, 0) is 35.9 Å². The topological polar surface area (TPSA) is 48.4 Å². The Balaban J connectivity index is 1.99. The van der Waals surface area contributed by atoms with Gasteiger partial charge in [0.25, 0.3) is 0 Å². The van der Waals surface area contributed by atoms with E-state index in [1.165, 1.54) is 0 Å². The molecule has 2 rings (SSSR count). The molecule has 0 N–H and O–H groups in total. The van der Waals surface area contributed by atoms with Crippen molar-refractivity contribution >= 4 is 5.78 Å². The summed E-state index contributed by atoms with van der Waals surface area (Å²) >= 11 is 0. The van der Waals surface area contributed by atoms with Gasteiger partial charge in [-0.1, -0.05) is 6.07 Å². The van der Waals surface area contributed by atoms with E-state index < -0.39 is 0 Å². The fourth-order valence-corrected chi connectivity index (χ4v) is 1.65. The van der Waals surface area contributed by atoms with Crippen LogP contribution in [0.3, 0.4) is 0 Å². The van der Waals surface area contributed by atoms with Gasteiger partial charge >= 0.3 is 0 Å². The Bertz CT molecular complexity index is 523. The predicted octanol–water partition coefficient (Wildman–Crippen LogP) is 2.49. The van der Waals surface area contributed by atoms with Crippen LogP contribution in [0, 0.1) is 0 Å². The molecule has 0 unspecified atom stereocenters. The van der Waals surface area contributed by atoms with Crippen molar-refractivity contribution in [2.75, 3.05) is 13.9 Å². The number of carbonyl (C=O) groups excluding carboxylic acids is 1. The summed E-state index contributed by atoms with van der Waals surface area (Å²) in [6.45, 7) is 0.197. The number of benzene rings is 1. The van der Waals surface area contributed by atoms with Gasteiger partial charge in [-0.3, -0.25) is 9.78 Å². The summed E-state index contributed by atoms with van der Waals surface area (Å²) in [6, 6.07) is 10.7. The summed E-state index contributed by atoms with van der Waals surface area (Å²) in [5, 5.41) is 0. The lowest BCUT2D eigenvalue weighted by Crippen LogP contribution is -2.04. The van der Waals surface area contributed by atoms with E-state index in [2.05, 4.69) is 4.98 Å². The Morgan fingerprint density at radius 3 is 2.63 bits per heavy atom. The zero-order valence-corrected chi connectivity index (χ0v) is 10.7. The molecule has 0 radical (unpaired) electrons. The number of methoxy groups -OCH3 is 1. The first-order chi connectivity index (χ1) is 9.29. The molecule has 0 saturated heterocycles. The minimum absolute atomic E-state index is 0.0614. The first kappa shape index (κ1) is 13.2. The average Bonchev–Trinajstić information content (AvgIpc) is 2.46. The van der Waals surface area contributed by atoms with Crippen LogP contribution in [-0.2, 0) is 11.2 Å². The van der Waals surface area contributed by atoms with E-state index in [0.29, 0.717) is 17.7 Å². The molecule has 4 heteroatoms. The summed E-state index contributed by atoms with van der Waals surface area (Å²) in [4.78, 5) is 16.0. The number of hydrogen-bond donors (Lipinski definition) is 0. The molecular weight excluding hydrogens is 242 g/mol. The van der Waals surface area contributed by atoms with Crippen LogP contribution in [0.2, 0.25) is 0 Å². The summed E-state index contributed by atoms with van der Waals surface area (Å²) in [5.41, 5.74) is 1.57. The lowest BCUT2D eigenvalue weighted by Gasteiger charge is -2.05. The van der Waals surface area contributed by atoms with Crippen LogP contribution in [0.1, 0.15) is 15.9 Å². The second-order valence-electron chi connectivity index (χ2n) is 4.04. The molecule has 0 bridgehead atoms. The van der Waals surface area contributed by atoms with E-state index in [1.807, 2.05) is 12.1 Å². The highest BCUT2D eigenvalue weighted by Gasteiger charge is 2.07. The molecule has 1 aromatic heterocycles. The SMILES string of the molecule is COCOc1ccc(C(=O)Cc2cccnc2)cc1. The highest BCUT2D eigenvalue weighted by molar-refractivity contribution is 5.97. The van der Waals surface area contributed by atoms with Crippen molar-refractivity contribution in [3.8, 4) is 5.75 Å². The lowest BCUT2D eigenvalue weighted by molar-refractivity contribution is 0.0511. The Labute approximate surface area is 112 Å². The normalized spacial score (nSPS) is 10.2. The highest BCUT2D eigenvalue weighted by atomic mass is 16.7. The summed E-state index contributed by atoms with van der Waals surface area (Å²) in [7, 11) is 1.56. The number of aromatic nitrogens is 1. The predicted molar refractivity (Wildman–Crippen MR) is 71.2 cm³/mol. The number of Topliss-reactive ketones (excluding diaryl/α,β-unsaturated/α-hetero) is 1. The first-order valence-electron chi connectivity index (χ1n) is 5.93. The molecule has 2 aromatic rings. The summed E-state index contributed by atoms with van der Waals surface area (Å²) in [5.74, 6) is 0.742. The van der Waals surface area contributed by atoms with Gasteiger partial charge < -0.3 is 9.47 Å². The van der Waals surface area contributed by atoms with Gasteiger partial charge in [-0.25, -0.2) is 0 Å². The molecule has 0 fully saturated rings. The molecule has 19 heavy (non-hydrogen) atoms. The van der Waals surface area contributed by atoms with Crippen molar-refractivity contribution in [2.45, 2.75) is 6.42 Å². The van der Waals surface area contributed by atoms with Gasteiger partial charge in [0.1, 0.15) is 5.75 Å². The van der Waals surface area contributed by atoms with Crippen molar-refractivity contribution in [3.05, 3.63) is 59.9 Å². The fourth-order valence-electron chi connectivity index (χ4n) is 1.65. The molecule has 1 aromatic carbocycles. The van der Waals surface area contributed by atoms with Gasteiger partial charge in [0, 0.05) is 31.5 Å². The van der Waals surface area contributed by atoms with Crippen LogP contribution in [0.4, 0.5) is 0 Å². The largest absolute Gasteiger partial charge is 0.468 e. The number of rotatable bonds is 6. The second kappa shape index (κ2) is 6.66. The smallest absolute Gasteiger partial charge is 0.188 e. The molecule has 1 heterocycles. The number of pyridine rings is 1. The van der Waals surface area contributed by atoms with Gasteiger partial charge in [-0.2, -0.15) is 0 Å². The van der Waals surface area contributed by atoms with Crippen molar-refractivity contribution in [1.82, 2.24) is 4.98 Å². The first-order valence-corrected chi connectivity index (χ1v) is 5.93. The van der Waals surface area contributed by atoms with E-state index in [-0.39, 0.29) is 12.6 Å². The lowest BCUT2D eigenvalue weighted by atomic mass is 10.0. The third-order valence-corrected chi connectivity index (χ3v) is 2.61. The number of carbonyl (C=O) groups is 1. The van der Waals surface area contributed by atoms with Gasteiger partial charge in [0.15, 0.2) is 12.6 Å². The van der Waals surface area contributed by atoms with E-state index in [1.54, 1.807) is 43.8 Å². The molecule has 0 spiro atoms. The Hall–Kier alpha value is -2.20. The molecule has 0 aliphatic heterocycles. The van der Waals surface area contributed by atoms with Crippen LogP contribution >= 0.6 is 0 Å². The molecule has 0 aliphatic carbocycles. The number of nitrogens with zero attached hydrogens (tertiary/aromatic N) is 1. The molecular formula is C15H15NO3. The molecule has 0 saturated carbocycles. The average molecular weight is 257 g/mol. The highest BCUT2D eigenvalue weighted by Crippen LogP contribution is 2.14. The number of hydrogen-bond acceptors (Lipinski definition) is 4. The minimum Gasteiger partial charge on any atom is -0.468 e. The van der Waals surface area contributed by atoms with Crippen molar-refractivity contribution in [1.29, 1.82) is 0 Å². The van der Waals surface area contributed by atoms with Crippen molar-refractivity contribution in [3.63, 3.8) is 0 Å². The van der Waals surface area contributed by atoms with Gasteiger partial charge in [0.05, 0.1) is 0 Å². The second-order valence-corrected chi connectivity index (χ2v) is 4.04. The number of ether oxygens (including phenoxy) is 2. The maximum Gasteiger partial charge on any atom is 0.188 e. The van der Waals surface area contributed by atoms with Crippen LogP contribution in [-0.4, -0.2) is 24.7 Å². The minimum atomic E-state index is 0.0614. The maximum absolute atomic E-state index is 12.0. The van der Waals surface area contributed by atoms with Gasteiger partial charge in [0.2, 0.25) is 0 Å². The number of ketones is 1. The van der Waals surface area contributed by atoms with Crippen LogP contribution in [0.5, 0.6) is 5.75 Å². The summed E-state index contributed by atoms with van der Waals surface area (Å²) < 4.78 is 10.1. The Morgan fingerprint density at radius 2 is 2.00 bits per heavy atom. The molecule has 98 valence electrons. The van der Waals surface area contributed by atoms with Crippen LogP contribution in [0.25, 0.3) is 0 Å². The van der Waals surface area contributed by atoms with Crippen LogP contribution < -0.4 is 4.74 Å². The molecule has 0 atom stereocenters. The summed E-state index contributed by atoms with van der Waals surface area (Å²) in [6.07, 6.45) is 3.75. The van der Waals surface area contributed by atoms with E-state index >= 15 is 0 Å². The molecule has 0 aliphatic rings. The third kappa shape index (κ3) is 3.89. The Morgan fingerprint density at radius 1 is 1.21 bits per heavy atom. The molecule has 4 nitrogen and oxygen atoms in total. The van der Waals surface area contributed by atoms with Crippen LogP contribution in [0.15, 0.2) is 48.8 Å². The van der Waals surface area contributed by atoms with E-state index in [9.17, 15) is 4.79 Å². The zero-order valence-electron chi connectivity index (χ0n) is 10.7. The van der Waals surface area contributed by atoms with Crippen molar-refractivity contribution in [2.24, 2.45) is 0 Å². The molecule has 0 amide bonds.